The first-order valence-electron chi connectivity index (χ1n) is 17.2. The summed E-state index contributed by atoms with van der Waals surface area (Å²) in [4.78, 5) is 79.6. The maximum atomic E-state index is 13.3. The number of hydrogen-bond donors (Lipinski definition) is 6. The molecule has 0 aliphatic rings. The van der Waals surface area contributed by atoms with Crippen LogP contribution in [0, 0.1) is 17.8 Å². The van der Waals surface area contributed by atoms with E-state index in [0.717, 1.165) is 31.2 Å². The lowest BCUT2D eigenvalue weighted by Gasteiger charge is -2.25. The number of ketones is 1. The zero-order valence-corrected chi connectivity index (χ0v) is 29.6. The summed E-state index contributed by atoms with van der Waals surface area (Å²) in [5, 5.41) is 10.8. The van der Waals surface area contributed by atoms with Gasteiger partial charge in [0.25, 0.3) is 0 Å². The Balaban J connectivity index is 2.74. The van der Waals surface area contributed by atoms with Crippen LogP contribution in [0.25, 0.3) is 0 Å². The predicted octanol–water partition coefficient (Wildman–Crippen LogP) is 4.25. The molecule has 0 aromatic heterocycles. The number of unbranched alkanes of at least 4 members (excludes halogenated alkanes) is 2. The van der Waals surface area contributed by atoms with E-state index >= 15 is 0 Å². The summed E-state index contributed by atoms with van der Waals surface area (Å²) < 4.78 is 0. The number of nitrogens with two attached hydrogens (primary N) is 1. The standard InChI is InChI=1S/C35H58N6O7/c1-23(2)12-8-7-9-15-31(44)41-48-22-26-17-19-27(20-18-26)38-33(45)28(13-11-21-37-35(36)47)39-34(46)32(25(5)6)40-30(43)16-10-14-29(42)24(3)4/h17-20,23-25,28,32H,7-16,21-22H2,1-6H3,(H,38,45)(H,39,46)(H,40,43)(H,41,44)(H3,36,37,47)/t28-,32-/m0/s1. The van der Waals surface area contributed by atoms with Gasteiger partial charge in [-0.2, -0.15) is 0 Å². The van der Waals surface area contributed by atoms with Crippen LogP contribution in [-0.4, -0.2) is 54.1 Å². The summed E-state index contributed by atoms with van der Waals surface area (Å²) in [5.74, 6) is -1.17. The first-order valence-corrected chi connectivity index (χ1v) is 17.2. The molecule has 0 aliphatic heterocycles. The highest BCUT2D eigenvalue weighted by Crippen LogP contribution is 2.13. The maximum absolute atomic E-state index is 13.3. The number of anilines is 1. The number of carbonyl (C=O) groups excluding carboxylic acids is 6. The monoisotopic (exact) mass is 674 g/mol. The van der Waals surface area contributed by atoms with Crippen LogP contribution in [0.5, 0.6) is 0 Å². The third-order valence-electron chi connectivity index (χ3n) is 7.67. The fourth-order valence-electron chi connectivity index (χ4n) is 4.72. The van der Waals surface area contributed by atoms with Crippen LogP contribution in [0.15, 0.2) is 24.3 Å². The Labute approximate surface area is 285 Å². The number of carbonyl (C=O) groups is 6. The largest absolute Gasteiger partial charge is 0.352 e. The number of primary amides is 1. The molecular weight excluding hydrogens is 616 g/mol. The molecule has 1 aromatic carbocycles. The van der Waals surface area contributed by atoms with E-state index in [1.165, 1.54) is 0 Å². The number of urea groups is 1. The van der Waals surface area contributed by atoms with Crippen molar-refractivity contribution in [1.82, 2.24) is 21.4 Å². The van der Waals surface area contributed by atoms with Crippen LogP contribution in [0.4, 0.5) is 10.5 Å². The van der Waals surface area contributed by atoms with Gasteiger partial charge in [0.15, 0.2) is 0 Å². The fourth-order valence-corrected chi connectivity index (χ4v) is 4.72. The van der Waals surface area contributed by atoms with Gasteiger partial charge >= 0.3 is 6.03 Å². The second kappa shape index (κ2) is 23.3. The molecule has 0 radical (unpaired) electrons. The summed E-state index contributed by atoms with van der Waals surface area (Å²) in [7, 11) is 0. The lowest BCUT2D eigenvalue weighted by Crippen LogP contribution is -2.54. The Hall–Kier alpha value is -4.00. The summed E-state index contributed by atoms with van der Waals surface area (Å²) in [6.45, 7) is 11.9. The summed E-state index contributed by atoms with van der Waals surface area (Å²) >= 11 is 0. The maximum Gasteiger partial charge on any atom is 0.312 e. The van der Waals surface area contributed by atoms with Crippen molar-refractivity contribution < 1.29 is 33.6 Å². The normalized spacial score (nSPS) is 12.4. The predicted molar refractivity (Wildman–Crippen MR) is 185 cm³/mol. The molecule has 13 nitrogen and oxygen atoms in total. The van der Waals surface area contributed by atoms with E-state index in [1.807, 2.05) is 13.8 Å². The van der Waals surface area contributed by atoms with Gasteiger partial charge in [0, 0.05) is 37.4 Å². The van der Waals surface area contributed by atoms with Crippen LogP contribution in [0.1, 0.15) is 111 Å². The van der Waals surface area contributed by atoms with Crippen molar-refractivity contribution in [3.05, 3.63) is 29.8 Å². The van der Waals surface area contributed by atoms with Gasteiger partial charge in [-0.3, -0.25) is 28.8 Å². The van der Waals surface area contributed by atoms with E-state index in [2.05, 4.69) is 40.6 Å². The number of Topliss-reactive ketones (excluding diaryl/α,β-unsaturated/α-hetero) is 1. The molecule has 0 bridgehead atoms. The highest BCUT2D eigenvalue weighted by atomic mass is 16.6. The highest BCUT2D eigenvalue weighted by molar-refractivity contribution is 5.98. The number of rotatable bonds is 24. The molecule has 6 amide bonds. The third-order valence-corrected chi connectivity index (χ3v) is 7.67. The van der Waals surface area contributed by atoms with Crippen LogP contribution in [0.2, 0.25) is 0 Å². The molecule has 0 spiro atoms. The van der Waals surface area contributed by atoms with E-state index in [-0.39, 0.29) is 61.8 Å². The van der Waals surface area contributed by atoms with Gasteiger partial charge in [-0.05, 0) is 55.2 Å². The van der Waals surface area contributed by atoms with Gasteiger partial charge in [0.05, 0.1) is 6.61 Å². The number of amides is 6. The summed E-state index contributed by atoms with van der Waals surface area (Å²) in [6.07, 6.45) is 5.80. The minimum absolute atomic E-state index is 0.0747. The topological polar surface area (TPSA) is 198 Å². The zero-order valence-electron chi connectivity index (χ0n) is 29.6. The molecule has 0 aliphatic carbocycles. The van der Waals surface area contributed by atoms with Crippen molar-refractivity contribution in [2.75, 3.05) is 11.9 Å². The Morgan fingerprint density at radius 2 is 1.40 bits per heavy atom. The van der Waals surface area contributed by atoms with E-state index in [4.69, 9.17) is 10.6 Å². The van der Waals surface area contributed by atoms with E-state index in [0.29, 0.717) is 30.9 Å². The lowest BCUT2D eigenvalue weighted by atomic mass is 10.0. The van der Waals surface area contributed by atoms with Gasteiger partial charge in [-0.15, -0.1) is 0 Å². The fraction of sp³-hybridized carbons (Fsp3) is 0.657. The smallest absolute Gasteiger partial charge is 0.312 e. The van der Waals surface area contributed by atoms with Crippen molar-refractivity contribution in [3.63, 3.8) is 0 Å². The lowest BCUT2D eigenvalue weighted by molar-refractivity contribution is -0.134. The van der Waals surface area contributed by atoms with Gasteiger partial charge in [0.2, 0.25) is 23.6 Å². The van der Waals surface area contributed by atoms with Crippen molar-refractivity contribution in [2.24, 2.45) is 23.5 Å². The van der Waals surface area contributed by atoms with Gasteiger partial charge in [-0.1, -0.05) is 72.9 Å². The van der Waals surface area contributed by atoms with Crippen LogP contribution in [-0.2, 0) is 35.4 Å². The van der Waals surface area contributed by atoms with E-state index in [1.54, 1.807) is 38.1 Å². The summed E-state index contributed by atoms with van der Waals surface area (Å²) in [6, 6.07) is 4.29. The number of hydroxylamine groups is 1. The first kappa shape index (κ1) is 42.0. The molecule has 0 heterocycles. The van der Waals surface area contributed by atoms with Crippen molar-refractivity contribution in [3.8, 4) is 0 Å². The first-order chi connectivity index (χ1) is 22.7. The minimum Gasteiger partial charge on any atom is -0.352 e. The third kappa shape index (κ3) is 19.0. The quantitative estimate of drug-likeness (QED) is 0.0696. The molecule has 1 aromatic rings. The van der Waals surface area contributed by atoms with Crippen LogP contribution < -0.4 is 32.5 Å². The summed E-state index contributed by atoms with van der Waals surface area (Å²) in [5.41, 5.74) is 8.87. The number of benzene rings is 1. The Kier molecular flexibility index (Phi) is 20.4. The van der Waals surface area contributed by atoms with Gasteiger partial charge in [0.1, 0.15) is 17.9 Å². The van der Waals surface area contributed by atoms with Crippen molar-refractivity contribution in [1.29, 1.82) is 0 Å². The van der Waals surface area contributed by atoms with Crippen molar-refractivity contribution in [2.45, 2.75) is 124 Å². The molecule has 7 N–H and O–H groups in total. The Morgan fingerprint density at radius 3 is 2.00 bits per heavy atom. The SMILES string of the molecule is CC(C)CCCCCC(=O)NOCc1ccc(NC(=O)[C@H](CCCNC(N)=O)NC(=O)[C@@H](NC(=O)CCCC(=O)C(C)C)C(C)C)cc1. The molecule has 0 saturated heterocycles. The van der Waals surface area contributed by atoms with Crippen LogP contribution >= 0.6 is 0 Å². The van der Waals surface area contributed by atoms with E-state index < -0.39 is 29.9 Å². The number of nitrogens with one attached hydrogen (secondary N) is 5. The average Bonchev–Trinajstić information content (AvgIpc) is 3.01. The second-order valence-electron chi connectivity index (χ2n) is 13.3. The van der Waals surface area contributed by atoms with Gasteiger partial charge < -0.3 is 27.0 Å². The van der Waals surface area contributed by atoms with Crippen molar-refractivity contribution >= 4 is 41.1 Å². The molecule has 2 atom stereocenters. The van der Waals surface area contributed by atoms with E-state index in [9.17, 15) is 28.8 Å². The molecule has 0 saturated carbocycles. The molecule has 0 fully saturated rings. The number of hydrogen-bond acceptors (Lipinski definition) is 7. The molecule has 48 heavy (non-hydrogen) atoms. The van der Waals surface area contributed by atoms with Crippen LogP contribution in [0.3, 0.4) is 0 Å². The molecule has 13 heteroatoms. The Bertz CT molecular complexity index is 1170. The highest BCUT2D eigenvalue weighted by Gasteiger charge is 2.29. The molecule has 1 rings (SSSR count). The average molecular weight is 675 g/mol. The van der Waals surface area contributed by atoms with Gasteiger partial charge in [-0.25, -0.2) is 10.3 Å². The zero-order chi connectivity index (χ0) is 36.1. The Morgan fingerprint density at radius 1 is 0.729 bits per heavy atom. The minimum atomic E-state index is -0.974. The second-order valence-corrected chi connectivity index (χ2v) is 13.3. The molecular formula is C35H58N6O7. The molecule has 270 valence electrons. The molecule has 0 unspecified atom stereocenters.